The topological polar surface area (TPSA) is 26.3 Å². The average molecular weight is 196 g/mol. The molecule has 2 unspecified atom stereocenters. The molecule has 2 nitrogen and oxygen atoms in total. The van der Waals surface area contributed by atoms with Crippen molar-refractivity contribution < 1.29 is 13.9 Å². The Morgan fingerprint density at radius 3 is 3.07 bits per heavy atom. The number of ketones is 1. The molecule has 0 aliphatic heterocycles. The molecule has 0 saturated carbocycles. The predicted molar refractivity (Wildman–Crippen MR) is 52.4 cm³/mol. The van der Waals surface area contributed by atoms with Crippen LogP contribution in [0.15, 0.2) is 36.7 Å². The number of carbonyl (C=O) groups excluding carboxylic acids is 1. The number of allylic oxidation sites excluding steroid dienone is 2. The van der Waals surface area contributed by atoms with Gasteiger partial charge < -0.3 is 4.74 Å². The predicted octanol–water partition coefficient (Wildman–Crippen LogP) is 2.19. The lowest BCUT2D eigenvalue weighted by Gasteiger charge is -2.21. The second kappa shape index (κ2) is 4.86. The highest BCUT2D eigenvalue weighted by Gasteiger charge is 2.25. The third-order valence-electron chi connectivity index (χ3n) is 2.02. The molecule has 0 spiro atoms. The fourth-order valence-corrected chi connectivity index (χ4v) is 1.32. The molecule has 0 saturated heterocycles. The molecule has 0 aromatic heterocycles. The molecule has 0 heterocycles. The Morgan fingerprint density at radius 2 is 2.50 bits per heavy atom. The lowest BCUT2D eigenvalue weighted by molar-refractivity contribution is -0.122. The van der Waals surface area contributed by atoms with Crippen molar-refractivity contribution in [2.24, 2.45) is 5.92 Å². The van der Waals surface area contributed by atoms with E-state index in [0.717, 1.165) is 0 Å². The second-order valence-electron chi connectivity index (χ2n) is 3.13. The first kappa shape index (κ1) is 10.9. The Balaban J connectivity index is 2.71. The molecule has 2 atom stereocenters. The molecule has 1 rings (SSSR count). The lowest BCUT2D eigenvalue weighted by Crippen LogP contribution is -2.28. The molecule has 0 radical (unpaired) electrons. The van der Waals surface area contributed by atoms with Crippen molar-refractivity contribution in [2.75, 3.05) is 6.61 Å². The molecule has 76 valence electrons. The van der Waals surface area contributed by atoms with Gasteiger partial charge in [0.15, 0.2) is 0 Å². The third-order valence-corrected chi connectivity index (χ3v) is 2.02. The van der Waals surface area contributed by atoms with Gasteiger partial charge in [-0.05, 0) is 19.1 Å². The highest BCUT2D eigenvalue weighted by Crippen LogP contribution is 2.21. The molecule has 0 aromatic rings. The van der Waals surface area contributed by atoms with E-state index in [1.807, 2.05) is 0 Å². The van der Waals surface area contributed by atoms with Crippen LogP contribution in [0.4, 0.5) is 4.39 Å². The molecule has 1 aliphatic carbocycles. The second-order valence-corrected chi connectivity index (χ2v) is 3.13. The van der Waals surface area contributed by atoms with E-state index in [0.29, 0.717) is 6.61 Å². The van der Waals surface area contributed by atoms with Gasteiger partial charge in [-0.2, -0.15) is 0 Å². The van der Waals surface area contributed by atoms with E-state index in [1.54, 1.807) is 6.08 Å². The molecule has 1 aliphatic rings. The van der Waals surface area contributed by atoms with Crippen molar-refractivity contribution in [2.45, 2.75) is 13.0 Å². The van der Waals surface area contributed by atoms with Crippen LogP contribution in [0, 0.1) is 5.92 Å². The van der Waals surface area contributed by atoms with E-state index in [4.69, 9.17) is 4.74 Å². The maximum absolute atomic E-state index is 12.9. The molecular weight excluding hydrogens is 183 g/mol. The molecule has 0 N–H and O–H groups in total. The summed E-state index contributed by atoms with van der Waals surface area (Å²) in [5.74, 6) is -0.773. The Labute approximate surface area is 82.8 Å². The van der Waals surface area contributed by atoms with Crippen molar-refractivity contribution in [1.82, 2.24) is 0 Å². The third kappa shape index (κ3) is 2.64. The molecule has 0 aromatic carbocycles. The minimum atomic E-state index is -0.504. The summed E-state index contributed by atoms with van der Waals surface area (Å²) in [5, 5.41) is 0. The molecule has 0 fully saturated rings. The van der Waals surface area contributed by atoms with Crippen LogP contribution in [0.2, 0.25) is 0 Å². The Hall–Kier alpha value is -1.22. The van der Waals surface area contributed by atoms with Gasteiger partial charge in [-0.25, -0.2) is 4.39 Å². The van der Waals surface area contributed by atoms with Gasteiger partial charge in [0.05, 0.1) is 18.6 Å². The molecule has 3 heteroatoms. The van der Waals surface area contributed by atoms with Gasteiger partial charge in [0.2, 0.25) is 0 Å². The fraction of sp³-hybridized carbons (Fsp3) is 0.364. The number of hydrogen-bond acceptors (Lipinski definition) is 2. The largest absolute Gasteiger partial charge is 0.369 e. The average Bonchev–Trinajstić information content (AvgIpc) is 2.14. The van der Waals surface area contributed by atoms with Crippen LogP contribution in [-0.4, -0.2) is 18.5 Å². The van der Waals surface area contributed by atoms with Gasteiger partial charge >= 0.3 is 0 Å². The minimum Gasteiger partial charge on any atom is -0.369 e. The van der Waals surface area contributed by atoms with Gasteiger partial charge in [-0.15, -0.1) is 6.58 Å². The summed E-state index contributed by atoms with van der Waals surface area (Å²) in [7, 11) is 0. The molecular formula is C11H13FO2. The molecule has 0 bridgehead atoms. The summed E-state index contributed by atoms with van der Waals surface area (Å²) in [6.07, 6.45) is 5.21. The van der Waals surface area contributed by atoms with Gasteiger partial charge in [0.1, 0.15) is 11.6 Å². The van der Waals surface area contributed by atoms with Crippen LogP contribution in [0.1, 0.15) is 6.92 Å². The van der Waals surface area contributed by atoms with E-state index in [9.17, 15) is 9.18 Å². The van der Waals surface area contributed by atoms with Crippen LogP contribution in [-0.2, 0) is 9.53 Å². The Kier molecular flexibility index (Phi) is 3.77. The van der Waals surface area contributed by atoms with E-state index < -0.39 is 6.10 Å². The number of halogens is 1. The first-order chi connectivity index (χ1) is 6.65. The summed E-state index contributed by atoms with van der Waals surface area (Å²) < 4.78 is 18.1. The zero-order valence-corrected chi connectivity index (χ0v) is 8.07. The summed E-state index contributed by atoms with van der Waals surface area (Å²) in [6.45, 7) is 5.27. The maximum Gasteiger partial charge on any atom is 0.139 e. The molecule has 14 heavy (non-hydrogen) atoms. The SMILES string of the molecule is C=CCOC1C=C(F)C=CC1C(C)=O. The highest BCUT2D eigenvalue weighted by molar-refractivity contribution is 5.81. The molecule has 0 amide bonds. The van der Waals surface area contributed by atoms with Crippen LogP contribution in [0.5, 0.6) is 0 Å². The van der Waals surface area contributed by atoms with E-state index in [-0.39, 0.29) is 17.5 Å². The van der Waals surface area contributed by atoms with Crippen molar-refractivity contribution in [3.05, 3.63) is 36.7 Å². The summed E-state index contributed by atoms with van der Waals surface area (Å²) in [4.78, 5) is 11.2. The van der Waals surface area contributed by atoms with Gasteiger partial charge in [-0.1, -0.05) is 12.2 Å². The van der Waals surface area contributed by atoms with Crippen LogP contribution in [0.3, 0.4) is 0 Å². The van der Waals surface area contributed by atoms with E-state index in [2.05, 4.69) is 6.58 Å². The highest BCUT2D eigenvalue weighted by atomic mass is 19.1. The summed E-state index contributed by atoms with van der Waals surface area (Å²) >= 11 is 0. The van der Waals surface area contributed by atoms with Crippen LogP contribution < -0.4 is 0 Å². The normalized spacial score (nSPS) is 25.7. The summed E-state index contributed by atoms with van der Waals surface area (Å²) in [6, 6.07) is 0. The van der Waals surface area contributed by atoms with Crippen LogP contribution >= 0.6 is 0 Å². The number of rotatable bonds is 4. The Bertz CT molecular complexity index is 292. The van der Waals surface area contributed by atoms with Crippen molar-refractivity contribution in [3.63, 3.8) is 0 Å². The van der Waals surface area contributed by atoms with Crippen molar-refractivity contribution in [3.8, 4) is 0 Å². The zero-order chi connectivity index (χ0) is 10.6. The number of Topliss-reactive ketones (excluding diaryl/α,β-unsaturated/α-hetero) is 1. The van der Waals surface area contributed by atoms with E-state index in [1.165, 1.54) is 25.2 Å². The van der Waals surface area contributed by atoms with Gasteiger partial charge in [-0.3, -0.25) is 4.79 Å². The lowest BCUT2D eigenvalue weighted by atomic mass is 9.93. The van der Waals surface area contributed by atoms with Gasteiger partial charge in [0, 0.05) is 0 Å². The minimum absolute atomic E-state index is 0.0286. The smallest absolute Gasteiger partial charge is 0.139 e. The first-order valence-corrected chi connectivity index (χ1v) is 4.43. The standard InChI is InChI=1S/C11H13FO2/c1-3-6-14-11-7-9(12)4-5-10(11)8(2)13/h3-5,7,10-11H,1,6H2,2H3. The van der Waals surface area contributed by atoms with Crippen molar-refractivity contribution >= 4 is 5.78 Å². The maximum atomic E-state index is 12.9. The van der Waals surface area contributed by atoms with Crippen LogP contribution in [0.25, 0.3) is 0 Å². The fourth-order valence-electron chi connectivity index (χ4n) is 1.32. The van der Waals surface area contributed by atoms with E-state index >= 15 is 0 Å². The summed E-state index contributed by atoms with van der Waals surface area (Å²) in [5.41, 5.74) is 0. The zero-order valence-electron chi connectivity index (χ0n) is 8.07. The quantitative estimate of drug-likeness (QED) is 0.644. The number of hydrogen-bond donors (Lipinski definition) is 0. The number of ether oxygens (including phenoxy) is 1. The monoisotopic (exact) mass is 196 g/mol. The first-order valence-electron chi connectivity index (χ1n) is 4.43. The Morgan fingerprint density at radius 1 is 1.79 bits per heavy atom. The van der Waals surface area contributed by atoms with Crippen molar-refractivity contribution in [1.29, 1.82) is 0 Å². The number of carbonyl (C=O) groups is 1. The van der Waals surface area contributed by atoms with Gasteiger partial charge in [0.25, 0.3) is 0 Å².